The van der Waals surface area contributed by atoms with Crippen LogP contribution in [-0.2, 0) is 16.0 Å². The molecule has 1 heterocycles. The molecular weight excluding hydrogens is 308 g/mol. The van der Waals surface area contributed by atoms with Crippen LogP contribution in [0.15, 0.2) is 18.2 Å². The van der Waals surface area contributed by atoms with E-state index in [1.165, 1.54) is 0 Å². The molecule has 0 spiro atoms. The van der Waals surface area contributed by atoms with Gasteiger partial charge in [-0.05, 0) is 37.0 Å². The summed E-state index contributed by atoms with van der Waals surface area (Å²) in [6.07, 6.45) is 3.46. The number of likely N-dealkylation sites (tertiary alicyclic amines) is 1. The topological polar surface area (TPSA) is 67.9 Å². The van der Waals surface area contributed by atoms with E-state index < -0.39 is 0 Å². The van der Waals surface area contributed by atoms with Gasteiger partial charge < -0.3 is 19.7 Å². The number of amides is 2. The van der Waals surface area contributed by atoms with Gasteiger partial charge in [-0.2, -0.15) is 0 Å². The molecule has 0 aliphatic carbocycles. The van der Waals surface area contributed by atoms with E-state index in [4.69, 9.17) is 9.47 Å². The van der Waals surface area contributed by atoms with E-state index in [1.54, 1.807) is 14.2 Å². The molecule has 24 heavy (non-hydrogen) atoms. The molecular formula is C18H26N2O4. The second-order valence-corrected chi connectivity index (χ2v) is 5.91. The normalized spacial score (nSPS) is 13.9. The average molecular weight is 334 g/mol. The molecule has 0 unspecified atom stereocenters. The first-order valence-corrected chi connectivity index (χ1v) is 8.39. The van der Waals surface area contributed by atoms with Crippen LogP contribution in [-0.4, -0.2) is 50.6 Å². The fourth-order valence-electron chi connectivity index (χ4n) is 2.80. The number of hydrogen-bond donors (Lipinski definition) is 1. The Bertz CT molecular complexity index is 552. The zero-order valence-corrected chi connectivity index (χ0v) is 14.5. The predicted octanol–water partition coefficient (Wildman–Crippen LogP) is 1.77. The van der Waals surface area contributed by atoms with Crippen LogP contribution in [0.4, 0.5) is 0 Å². The van der Waals surface area contributed by atoms with Crippen molar-refractivity contribution < 1.29 is 19.1 Å². The molecule has 1 aliphatic heterocycles. The molecule has 1 N–H and O–H groups in total. The number of rotatable bonds is 9. The number of carbonyl (C=O) groups excluding carboxylic acids is 2. The first-order valence-electron chi connectivity index (χ1n) is 8.39. The number of hydrogen-bond acceptors (Lipinski definition) is 4. The maximum absolute atomic E-state index is 11.9. The fraction of sp³-hybridized carbons (Fsp3) is 0.556. The van der Waals surface area contributed by atoms with Crippen LogP contribution in [0.1, 0.15) is 31.2 Å². The minimum atomic E-state index is 0.0181. The fourth-order valence-corrected chi connectivity index (χ4v) is 2.80. The summed E-state index contributed by atoms with van der Waals surface area (Å²) in [5, 5.41) is 2.91. The van der Waals surface area contributed by atoms with Crippen molar-refractivity contribution in [2.75, 3.05) is 33.9 Å². The highest BCUT2D eigenvalue weighted by Gasteiger charge is 2.18. The molecule has 132 valence electrons. The van der Waals surface area contributed by atoms with Gasteiger partial charge in [0.15, 0.2) is 0 Å². The Balaban J connectivity index is 1.68. The van der Waals surface area contributed by atoms with Crippen molar-refractivity contribution in [3.05, 3.63) is 23.8 Å². The molecule has 1 fully saturated rings. The maximum Gasteiger partial charge on any atom is 0.222 e. The lowest BCUT2D eigenvalue weighted by molar-refractivity contribution is -0.127. The molecule has 1 aromatic carbocycles. The van der Waals surface area contributed by atoms with Crippen molar-refractivity contribution in [1.29, 1.82) is 0 Å². The lowest BCUT2D eigenvalue weighted by atomic mass is 10.1. The minimum Gasteiger partial charge on any atom is -0.497 e. The highest BCUT2D eigenvalue weighted by Crippen LogP contribution is 2.23. The van der Waals surface area contributed by atoms with Gasteiger partial charge in [-0.3, -0.25) is 9.59 Å². The summed E-state index contributed by atoms with van der Waals surface area (Å²) < 4.78 is 10.5. The Kier molecular flexibility index (Phi) is 6.90. The van der Waals surface area contributed by atoms with E-state index in [-0.39, 0.29) is 11.8 Å². The summed E-state index contributed by atoms with van der Waals surface area (Å²) in [5.41, 5.74) is 1.00. The lowest BCUT2D eigenvalue weighted by Crippen LogP contribution is -2.30. The Morgan fingerprint density at radius 1 is 1.21 bits per heavy atom. The molecule has 6 nitrogen and oxygen atoms in total. The summed E-state index contributed by atoms with van der Waals surface area (Å²) in [6.45, 7) is 2.18. The van der Waals surface area contributed by atoms with Gasteiger partial charge in [0.2, 0.25) is 11.8 Å². The molecule has 1 aromatic rings. The van der Waals surface area contributed by atoms with Gasteiger partial charge in [-0.1, -0.05) is 0 Å². The van der Waals surface area contributed by atoms with Gasteiger partial charge >= 0.3 is 0 Å². The third-order valence-electron chi connectivity index (χ3n) is 4.15. The number of ether oxygens (including phenoxy) is 2. The van der Waals surface area contributed by atoms with Crippen LogP contribution in [0.5, 0.6) is 11.5 Å². The minimum absolute atomic E-state index is 0.0181. The van der Waals surface area contributed by atoms with Gasteiger partial charge in [-0.25, -0.2) is 0 Å². The number of nitrogens with zero attached hydrogens (tertiary/aromatic N) is 1. The summed E-state index contributed by atoms with van der Waals surface area (Å²) in [7, 11) is 3.22. The molecule has 0 radical (unpaired) electrons. The summed E-state index contributed by atoms with van der Waals surface area (Å²) >= 11 is 0. The summed E-state index contributed by atoms with van der Waals surface area (Å²) in [6, 6.07) is 5.63. The van der Waals surface area contributed by atoms with Crippen molar-refractivity contribution in [3.63, 3.8) is 0 Å². The molecule has 0 saturated carbocycles. The number of nitrogens with one attached hydrogen (secondary N) is 1. The van der Waals surface area contributed by atoms with E-state index in [1.807, 2.05) is 23.1 Å². The van der Waals surface area contributed by atoms with E-state index >= 15 is 0 Å². The van der Waals surface area contributed by atoms with Crippen LogP contribution >= 0.6 is 0 Å². The van der Waals surface area contributed by atoms with Gasteiger partial charge in [0.25, 0.3) is 0 Å². The first-order chi connectivity index (χ1) is 11.6. The molecule has 0 bridgehead atoms. The third-order valence-corrected chi connectivity index (χ3v) is 4.15. The maximum atomic E-state index is 11.9. The van der Waals surface area contributed by atoms with E-state index in [0.29, 0.717) is 25.8 Å². The molecule has 1 saturated heterocycles. The second-order valence-electron chi connectivity index (χ2n) is 5.91. The number of benzene rings is 1. The van der Waals surface area contributed by atoms with Crippen LogP contribution in [0.3, 0.4) is 0 Å². The van der Waals surface area contributed by atoms with Gasteiger partial charge in [0.1, 0.15) is 11.5 Å². The van der Waals surface area contributed by atoms with Gasteiger partial charge in [0.05, 0.1) is 14.2 Å². The van der Waals surface area contributed by atoms with Gasteiger partial charge in [-0.15, -0.1) is 0 Å². The second kappa shape index (κ2) is 9.15. The first kappa shape index (κ1) is 18.1. The monoisotopic (exact) mass is 334 g/mol. The Hall–Kier alpha value is -2.24. The van der Waals surface area contributed by atoms with Crippen LogP contribution in [0, 0.1) is 0 Å². The molecule has 2 rings (SSSR count). The zero-order valence-electron chi connectivity index (χ0n) is 14.5. The lowest BCUT2D eigenvalue weighted by Gasteiger charge is -2.15. The summed E-state index contributed by atoms with van der Waals surface area (Å²) in [5.74, 6) is 1.69. The quantitative estimate of drug-likeness (QED) is 0.699. The molecule has 1 aliphatic rings. The highest BCUT2D eigenvalue weighted by atomic mass is 16.5. The van der Waals surface area contributed by atoms with Crippen LogP contribution < -0.4 is 14.8 Å². The van der Waals surface area contributed by atoms with E-state index in [2.05, 4.69) is 5.32 Å². The Morgan fingerprint density at radius 3 is 2.50 bits per heavy atom. The largest absolute Gasteiger partial charge is 0.497 e. The third kappa shape index (κ3) is 5.44. The van der Waals surface area contributed by atoms with E-state index in [9.17, 15) is 9.59 Å². The van der Waals surface area contributed by atoms with Crippen molar-refractivity contribution in [1.82, 2.24) is 10.2 Å². The number of methoxy groups -OCH3 is 2. The molecule has 6 heteroatoms. The molecule has 0 aromatic heterocycles. The van der Waals surface area contributed by atoms with Crippen LogP contribution in [0.25, 0.3) is 0 Å². The van der Waals surface area contributed by atoms with Gasteiger partial charge in [0, 0.05) is 38.5 Å². The Morgan fingerprint density at radius 2 is 1.92 bits per heavy atom. The number of aryl methyl sites for hydroxylation is 1. The standard InChI is InChI=1S/C18H26N2O4/c1-23-15-11-14(12-16(13-15)24-2)6-7-17(21)19-8-4-10-20-9-3-5-18(20)22/h11-13H,3-10H2,1-2H3,(H,19,21). The van der Waals surface area contributed by atoms with Crippen LogP contribution in [0.2, 0.25) is 0 Å². The van der Waals surface area contributed by atoms with Crippen molar-refractivity contribution >= 4 is 11.8 Å². The van der Waals surface area contributed by atoms with Crippen molar-refractivity contribution in [3.8, 4) is 11.5 Å². The zero-order chi connectivity index (χ0) is 17.4. The molecule has 2 amide bonds. The smallest absolute Gasteiger partial charge is 0.222 e. The highest BCUT2D eigenvalue weighted by molar-refractivity contribution is 5.78. The van der Waals surface area contributed by atoms with Crippen molar-refractivity contribution in [2.45, 2.75) is 32.1 Å². The van der Waals surface area contributed by atoms with Crippen molar-refractivity contribution in [2.24, 2.45) is 0 Å². The van der Waals surface area contributed by atoms with E-state index in [0.717, 1.165) is 43.0 Å². The Labute approximate surface area is 143 Å². The number of carbonyl (C=O) groups is 2. The average Bonchev–Trinajstić information content (AvgIpc) is 3.01. The summed E-state index contributed by atoms with van der Waals surface area (Å²) in [4.78, 5) is 25.3. The molecule has 0 atom stereocenters. The predicted molar refractivity (Wildman–Crippen MR) is 91.3 cm³/mol. The SMILES string of the molecule is COc1cc(CCC(=O)NCCCN2CCCC2=O)cc(OC)c1.